The van der Waals surface area contributed by atoms with Crippen LogP contribution in [0.3, 0.4) is 0 Å². The molecule has 4 heterocycles. The van der Waals surface area contributed by atoms with Crippen molar-refractivity contribution in [3.05, 3.63) is 47.5 Å². The van der Waals surface area contributed by atoms with Gasteiger partial charge < -0.3 is 24.8 Å². The topological polar surface area (TPSA) is 98.0 Å². The maximum Gasteiger partial charge on any atom is 0.326 e. The van der Waals surface area contributed by atoms with E-state index in [1.807, 2.05) is 19.1 Å². The lowest BCUT2D eigenvalue weighted by molar-refractivity contribution is 0.311. The van der Waals surface area contributed by atoms with Crippen LogP contribution in [0.1, 0.15) is 32.2 Å². The van der Waals surface area contributed by atoms with E-state index in [1.165, 1.54) is 0 Å². The Bertz CT molecular complexity index is 1350. The van der Waals surface area contributed by atoms with E-state index in [0.717, 1.165) is 48.9 Å². The number of aromatic nitrogens is 5. The van der Waals surface area contributed by atoms with Crippen molar-refractivity contribution in [3.63, 3.8) is 0 Å². The summed E-state index contributed by atoms with van der Waals surface area (Å²) in [6.45, 7) is 11.7. The largest absolute Gasteiger partial charge is 0.421 e. The van der Waals surface area contributed by atoms with Crippen LogP contribution in [0.2, 0.25) is 0 Å². The van der Waals surface area contributed by atoms with Crippen molar-refractivity contribution >= 4 is 28.4 Å². The highest BCUT2D eigenvalue weighted by molar-refractivity contribution is 5.82. The van der Waals surface area contributed by atoms with Gasteiger partial charge >= 0.3 is 6.01 Å². The lowest BCUT2D eigenvalue weighted by Crippen LogP contribution is -2.44. The van der Waals surface area contributed by atoms with Crippen molar-refractivity contribution < 1.29 is 9.13 Å². The molecule has 0 amide bonds. The first-order valence-corrected chi connectivity index (χ1v) is 11.8. The van der Waals surface area contributed by atoms with E-state index in [2.05, 4.69) is 68.1 Å². The van der Waals surface area contributed by atoms with Crippen molar-refractivity contribution in [2.75, 3.05) is 43.4 Å². The van der Waals surface area contributed by atoms with E-state index in [9.17, 15) is 0 Å². The van der Waals surface area contributed by atoms with Crippen LogP contribution in [-0.2, 0) is 5.41 Å². The number of piperazine rings is 1. The molecule has 3 aromatic heterocycles. The van der Waals surface area contributed by atoms with Gasteiger partial charge in [0.1, 0.15) is 11.6 Å². The number of anilines is 3. The van der Waals surface area contributed by atoms with Gasteiger partial charge in [0.25, 0.3) is 0 Å². The molecule has 0 atom stereocenters. The molecule has 5 rings (SSSR count). The molecule has 184 valence electrons. The number of rotatable bonds is 5. The summed E-state index contributed by atoms with van der Waals surface area (Å²) in [4.78, 5) is 16.7. The highest BCUT2D eigenvalue weighted by Gasteiger charge is 2.21. The average Bonchev–Trinajstić information content (AvgIpc) is 3.43. The number of halogens is 1. The number of fused-ring (bicyclic) bond motifs is 1. The third-order valence-corrected chi connectivity index (χ3v) is 6.20. The predicted molar refractivity (Wildman–Crippen MR) is 135 cm³/mol. The molecule has 10 heteroatoms. The summed E-state index contributed by atoms with van der Waals surface area (Å²) in [5.41, 5.74) is 2.53. The number of hydrogen-bond acceptors (Lipinski definition) is 7. The number of likely N-dealkylation sites (N-methyl/N-ethyl adjacent to an activating group) is 1. The Kier molecular flexibility index (Phi) is 5.84. The second-order valence-electron chi connectivity index (χ2n) is 10.1. The Hall–Kier alpha value is -3.66. The number of nitrogens with one attached hydrogen (secondary N) is 3. The molecule has 0 aliphatic carbocycles. The zero-order valence-corrected chi connectivity index (χ0v) is 20.7. The second-order valence-corrected chi connectivity index (χ2v) is 10.1. The third kappa shape index (κ3) is 4.93. The number of benzene rings is 1. The summed E-state index contributed by atoms with van der Waals surface area (Å²) in [6.07, 6.45) is 0. The van der Waals surface area contributed by atoms with Crippen molar-refractivity contribution in [1.82, 2.24) is 30.0 Å². The lowest BCUT2D eigenvalue weighted by atomic mass is 9.92. The Morgan fingerprint density at radius 3 is 2.51 bits per heavy atom. The van der Waals surface area contributed by atoms with E-state index < -0.39 is 5.82 Å². The van der Waals surface area contributed by atoms with Crippen molar-refractivity contribution in [1.29, 1.82) is 0 Å². The summed E-state index contributed by atoms with van der Waals surface area (Å²) < 4.78 is 21.1. The van der Waals surface area contributed by atoms with Crippen molar-refractivity contribution in [2.24, 2.45) is 0 Å². The predicted octanol–water partition coefficient (Wildman–Crippen LogP) is 4.71. The fourth-order valence-corrected chi connectivity index (χ4v) is 4.09. The number of nitrogens with zero attached hydrogens (tertiary/aromatic N) is 5. The number of hydrogen-bond donors (Lipinski definition) is 3. The molecule has 1 aliphatic rings. The minimum atomic E-state index is -0.447. The number of aromatic amines is 2. The highest BCUT2D eigenvalue weighted by atomic mass is 19.1. The Morgan fingerprint density at radius 1 is 1.03 bits per heavy atom. The fraction of sp³-hybridized carbons (Fsp3) is 0.400. The summed E-state index contributed by atoms with van der Waals surface area (Å²) in [6, 6.07) is 9.05. The zero-order chi connectivity index (χ0) is 24.7. The van der Waals surface area contributed by atoms with Gasteiger partial charge in [-0.1, -0.05) is 20.8 Å². The van der Waals surface area contributed by atoms with E-state index in [4.69, 9.17) is 4.74 Å². The fourth-order valence-electron chi connectivity index (χ4n) is 4.09. The van der Waals surface area contributed by atoms with Crippen molar-refractivity contribution in [3.8, 4) is 11.8 Å². The van der Waals surface area contributed by atoms with Crippen LogP contribution >= 0.6 is 0 Å². The van der Waals surface area contributed by atoms with Crippen LogP contribution in [0.4, 0.5) is 21.8 Å². The van der Waals surface area contributed by atoms with Crippen LogP contribution in [-0.4, -0.2) is 63.3 Å². The summed E-state index contributed by atoms with van der Waals surface area (Å²) >= 11 is 0. The van der Waals surface area contributed by atoms with Gasteiger partial charge in [0, 0.05) is 66.0 Å². The van der Waals surface area contributed by atoms with Gasteiger partial charge in [-0.15, -0.1) is 0 Å². The van der Waals surface area contributed by atoms with Gasteiger partial charge in [-0.05, 0) is 32.2 Å². The maximum absolute atomic E-state index is 15.2. The molecule has 0 bridgehead atoms. The van der Waals surface area contributed by atoms with E-state index >= 15 is 4.39 Å². The molecular formula is C25H31FN8O. The van der Waals surface area contributed by atoms with E-state index in [1.54, 1.807) is 18.2 Å². The van der Waals surface area contributed by atoms with Crippen LogP contribution in [0.5, 0.6) is 11.8 Å². The monoisotopic (exact) mass is 478 g/mol. The molecule has 0 saturated carbocycles. The Morgan fingerprint density at radius 2 is 1.80 bits per heavy atom. The zero-order valence-electron chi connectivity index (χ0n) is 20.7. The standard InChI is InChI=1S/C25H31FN8O/c1-15-12-16-17(27-15)6-7-18(23(16)26)35-24-29-20(28-21-13-19(31-32-21)25(2,3)4)14-22(30-24)34-10-8-33(5)9-11-34/h6-7,12-14,27H,8-11H2,1-5H3,(H2,28,29,30,31,32). The Balaban J connectivity index is 1.48. The SMILES string of the molecule is Cc1cc2c(F)c(Oc3nc(Nc4cc(C(C)(C)C)[nH]n4)cc(N4CCN(C)CC4)n3)ccc2[nH]1. The number of H-pyrrole nitrogens is 2. The van der Waals surface area contributed by atoms with Gasteiger partial charge in [0.15, 0.2) is 17.4 Å². The van der Waals surface area contributed by atoms with Gasteiger partial charge in [-0.3, -0.25) is 5.10 Å². The van der Waals surface area contributed by atoms with Crippen LogP contribution < -0.4 is 15.0 Å². The molecule has 1 saturated heterocycles. The van der Waals surface area contributed by atoms with Crippen molar-refractivity contribution in [2.45, 2.75) is 33.1 Å². The molecule has 0 spiro atoms. The highest BCUT2D eigenvalue weighted by Crippen LogP contribution is 2.31. The molecular weight excluding hydrogens is 447 g/mol. The van der Waals surface area contributed by atoms with Crippen LogP contribution in [0.15, 0.2) is 30.3 Å². The lowest BCUT2D eigenvalue weighted by Gasteiger charge is -2.33. The first-order valence-electron chi connectivity index (χ1n) is 11.8. The van der Waals surface area contributed by atoms with E-state index in [-0.39, 0.29) is 17.2 Å². The maximum atomic E-state index is 15.2. The van der Waals surface area contributed by atoms with Gasteiger partial charge in [0.2, 0.25) is 0 Å². The second kappa shape index (κ2) is 8.84. The minimum Gasteiger partial charge on any atom is -0.421 e. The number of aryl methyl sites for hydroxylation is 1. The third-order valence-electron chi connectivity index (χ3n) is 6.20. The molecule has 4 aromatic rings. The van der Waals surface area contributed by atoms with E-state index in [0.29, 0.717) is 17.0 Å². The minimum absolute atomic E-state index is 0.0649. The van der Waals surface area contributed by atoms with Gasteiger partial charge in [-0.25, -0.2) is 4.39 Å². The van der Waals surface area contributed by atoms with Gasteiger partial charge in [0.05, 0.1) is 0 Å². The smallest absolute Gasteiger partial charge is 0.326 e. The normalized spacial score (nSPS) is 15.1. The average molecular weight is 479 g/mol. The summed E-state index contributed by atoms with van der Waals surface area (Å²) in [7, 11) is 2.10. The molecule has 0 radical (unpaired) electrons. The van der Waals surface area contributed by atoms with Crippen LogP contribution in [0.25, 0.3) is 10.9 Å². The van der Waals surface area contributed by atoms with Crippen LogP contribution in [0, 0.1) is 12.7 Å². The molecule has 1 aliphatic heterocycles. The molecule has 0 unspecified atom stereocenters. The molecule has 1 aromatic carbocycles. The Labute approximate surface area is 203 Å². The number of ether oxygens (including phenoxy) is 1. The summed E-state index contributed by atoms with van der Waals surface area (Å²) in [5, 5.41) is 11.2. The first-order chi connectivity index (χ1) is 16.7. The molecule has 35 heavy (non-hydrogen) atoms. The summed E-state index contributed by atoms with van der Waals surface area (Å²) in [5.74, 6) is 1.51. The molecule has 1 fully saturated rings. The quantitative estimate of drug-likeness (QED) is 0.382. The molecule has 3 N–H and O–H groups in total. The van der Waals surface area contributed by atoms with Gasteiger partial charge in [-0.2, -0.15) is 15.1 Å². The molecule has 9 nitrogen and oxygen atoms in total. The first kappa shape index (κ1) is 23.1.